The molecule has 144 valence electrons. The molecule has 1 aromatic heterocycles. The molecule has 1 saturated heterocycles. The zero-order valence-corrected chi connectivity index (χ0v) is 15.5. The molecule has 2 N–H and O–H groups in total. The van der Waals surface area contributed by atoms with Crippen LogP contribution >= 0.6 is 0 Å². The first kappa shape index (κ1) is 18.0. The topological polar surface area (TPSA) is 109 Å². The Morgan fingerprint density at radius 3 is 2.64 bits per heavy atom. The van der Waals surface area contributed by atoms with Crippen LogP contribution in [0.15, 0.2) is 28.7 Å². The van der Waals surface area contributed by atoms with Crippen molar-refractivity contribution in [2.75, 3.05) is 5.32 Å². The van der Waals surface area contributed by atoms with E-state index in [1.807, 2.05) is 19.9 Å². The van der Waals surface area contributed by atoms with Gasteiger partial charge >= 0.3 is 0 Å². The maximum Gasteiger partial charge on any atom is 0.264 e. The number of carbonyl (C=O) groups is 4. The summed E-state index contributed by atoms with van der Waals surface area (Å²) in [6.45, 7) is 4.17. The molecule has 0 saturated carbocycles. The lowest BCUT2D eigenvalue weighted by molar-refractivity contribution is -0.136. The van der Waals surface area contributed by atoms with Crippen LogP contribution in [0.1, 0.15) is 50.6 Å². The van der Waals surface area contributed by atoms with Crippen LogP contribution in [-0.4, -0.2) is 34.6 Å². The predicted molar refractivity (Wildman–Crippen MR) is 98.6 cm³/mol. The first-order chi connectivity index (χ1) is 13.4. The van der Waals surface area contributed by atoms with Gasteiger partial charge in [0.25, 0.3) is 11.8 Å². The van der Waals surface area contributed by atoms with Crippen molar-refractivity contribution in [2.24, 2.45) is 0 Å². The Bertz CT molecular complexity index is 1000. The van der Waals surface area contributed by atoms with Crippen molar-refractivity contribution in [1.29, 1.82) is 0 Å². The summed E-state index contributed by atoms with van der Waals surface area (Å²) in [6, 6.07) is 5.88. The van der Waals surface area contributed by atoms with Crippen molar-refractivity contribution in [3.05, 3.63) is 52.5 Å². The van der Waals surface area contributed by atoms with Crippen molar-refractivity contribution < 1.29 is 23.6 Å². The van der Waals surface area contributed by atoms with Gasteiger partial charge in [0.05, 0.1) is 17.7 Å². The van der Waals surface area contributed by atoms with Crippen LogP contribution in [0, 0.1) is 13.8 Å². The zero-order valence-electron chi connectivity index (χ0n) is 15.5. The number of nitrogens with one attached hydrogen (secondary N) is 2. The number of nitrogens with zero attached hydrogens (tertiary/aromatic N) is 1. The minimum atomic E-state index is -0.978. The maximum atomic E-state index is 13.0. The van der Waals surface area contributed by atoms with Crippen molar-refractivity contribution in [3.63, 3.8) is 0 Å². The Balaban J connectivity index is 1.60. The second-order valence-corrected chi connectivity index (χ2v) is 6.98. The van der Waals surface area contributed by atoms with E-state index in [0.717, 1.165) is 16.2 Å². The largest absolute Gasteiger partial charge is 0.464 e. The normalized spacial score (nSPS) is 19.1. The van der Waals surface area contributed by atoms with Crippen molar-refractivity contribution in [2.45, 2.75) is 39.3 Å². The van der Waals surface area contributed by atoms with Crippen LogP contribution in [0.2, 0.25) is 0 Å². The summed E-state index contributed by atoms with van der Waals surface area (Å²) in [5, 5.41) is 5.34. The molecule has 0 bridgehead atoms. The molecule has 2 aliphatic heterocycles. The predicted octanol–water partition coefficient (Wildman–Crippen LogP) is 1.91. The second-order valence-electron chi connectivity index (χ2n) is 6.98. The Morgan fingerprint density at radius 1 is 1.18 bits per heavy atom. The molecular weight excluding hydrogens is 362 g/mol. The molecule has 2 aliphatic rings. The van der Waals surface area contributed by atoms with Gasteiger partial charge in [-0.1, -0.05) is 6.07 Å². The molecule has 2 aromatic rings. The molecule has 8 heteroatoms. The summed E-state index contributed by atoms with van der Waals surface area (Å²) in [4.78, 5) is 50.3. The first-order valence-corrected chi connectivity index (χ1v) is 9.01. The van der Waals surface area contributed by atoms with E-state index in [0.29, 0.717) is 18.0 Å². The van der Waals surface area contributed by atoms with Gasteiger partial charge in [-0.2, -0.15) is 0 Å². The molecule has 3 heterocycles. The number of hydrogen-bond donors (Lipinski definition) is 2. The fourth-order valence-electron chi connectivity index (χ4n) is 3.58. The molecule has 0 spiro atoms. The van der Waals surface area contributed by atoms with Crippen molar-refractivity contribution in [1.82, 2.24) is 10.2 Å². The summed E-state index contributed by atoms with van der Waals surface area (Å²) < 4.78 is 5.63. The third kappa shape index (κ3) is 2.87. The van der Waals surface area contributed by atoms with Crippen LogP contribution in [0.4, 0.5) is 5.69 Å². The lowest BCUT2D eigenvalue weighted by atomic mass is 10.0. The number of imide groups is 2. The molecular formula is C20H19N3O5. The van der Waals surface area contributed by atoms with Crippen LogP contribution in [-0.2, 0) is 16.1 Å². The monoisotopic (exact) mass is 381 g/mol. The Labute approximate surface area is 160 Å². The number of benzene rings is 1. The number of aryl methyl sites for hydroxylation is 2. The molecule has 0 aliphatic carbocycles. The summed E-state index contributed by atoms with van der Waals surface area (Å²) >= 11 is 0. The number of anilines is 1. The van der Waals surface area contributed by atoms with E-state index in [-0.39, 0.29) is 24.0 Å². The van der Waals surface area contributed by atoms with Crippen LogP contribution < -0.4 is 10.6 Å². The number of rotatable bonds is 4. The average molecular weight is 381 g/mol. The van der Waals surface area contributed by atoms with Gasteiger partial charge in [-0.25, -0.2) is 0 Å². The van der Waals surface area contributed by atoms with Gasteiger partial charge in [-0.15, -0.1) is 0 Å². The molecule has 4 rings (SSSR count). The van der Waals surface area contributed by atoms with E-state index in [1.165, 1.54) is 0 Å². The van der Waals surface area contributed by atoms with Gasteiger partial charge in [-0.3, -0.25) is 29.4 Å². The number of furan rings is 1. The van der Waals surface area contributed by atoms with Crippen molar-refractivity contribution >= 4 is 29.3 Å². The smallest absolute Gasteiger partial charge is 0.264 e. The lowest BCUT2D eigenvalue weighted by Gasteiger charge is -2.27. The maximum absolute atomic E-state index is 13.0. The second kappa shape index (κ2) is 6.63. The molecule has 1 unspecified atom stereocenters. The fraction of sp³-hybridized carbons (Fsp3) is 0.300. The summed E-state index contributed by atoms with van der Waals surface area (Å²) in [5.41, 5.74) is 2.01. The highest BCUT2D eigenvalue weighted by molar-refractivity contribution is 6.25. The number of hydrogen-bond acceptors (Lipinski definition) is 6. The average Bonchev–Trinajstić information content (AvgIpc) is 3.11. The van der Waals surface area contributed by atoms with Gasteiger partial charge in [0.15, 0.2) is 0 Å². The third-order valence-electron chi connectivity index (χ3n) is 5.14. The minimum Gasteiger partial charge on any atom is -0.464 e. The third-order valence-corrected chi connectivity index (χ3v) is 5.14. The van der Waals surface area contributed by atoms with Gasteiger partial charge in [0.1, 0.15) is 17.6 Å². The molecule has 0 radical (unpaired) electrons. The van der Waals surface area contributed by atoms with E-state index in [4.69, 9.17) is 4.42 Å². The first-order valence-electron chi connectivity index (χ1n) is 9.01. The van der Waals surface area contributed by atoms with E-state index in [2.05, 4.69) is 10.6 Å². The van der Waals surface area contributed by atoms with Crippen LogP contribution in [0.5, 0.6) is 0 Å². The Kier molecular flexibility index (Phi) is 4.26. The molecule has 1 atom stereocenters. The van der Waals surface area contributed by atoms with E-state index in [9.17, 15) is 19.2 Å². The molecule has 1 aromatic carbocycles. The molecule has 4 amide bonds. The van der Waals surface area contributed by atoms with E-state index >= 15 is 0 Å². The highest BCUT2D eigenvalue weighted by Crippen LogP contribution is 2.32. The Hall–Kier alpha value is -3.42. The molecule has 8 nitrogen and oxygen atoms in total. The van der Waals surface area contributed by atoms with Gasteiger partial charge < -0.3 is 9.73 Å². The van der Waals surface area contributed by atoms with Gasteiger partial charge in [-0.05, 0) is 44.0 Å². The van der Waals surface area contributed by atoms with Crippen molar-refractivity contribution in [3.8, 4) is 0 Å². The number of amides is 4. The highest BCUT2D eigenvalue weighted by atomic mass is 16.3. The van der Waals surface area contributed by atoms with Crippen LogP contribution in [0.3, 0.4) is 0 Å². The van der Waals surface area contributed by atoms with Gasteiger partial charge in [0, 0.05) is 12.1 Å². The SMILES string of the molecule is Cc1cc(CNc2cccc3c2C(=O)N(C2CCC(=O)NC2=O)C3=O)oc1C. The zero-order chi connectivity index (χ0) is 20.0. The van der Waals surface area contributed by atoms with E-state index in [1.54, 1.807) is 18.2 Å². The summed E-state index contributed by atoms with van der Waals surface area (Å²) in [7, 11) is 0. The minimum absolute atomic E-state index is 0.0894. The number of carbonyl (C=O) groups excluding carboxylic acids is 4. The quantitative estimate of drug-likeness (QED) is 0.783. The summed E-state index contributed by atoms with van der Waals surface area (Å²) in [5.74, 6) is -0.546. The van der Waals surface area contributed by atoms with E-state index < -0.39 is 29.7 Å². The molecule has 1 fully saturated rings. The lowest BCUT2D eigenvalue weighted by Crippen LogP contribution is -2.54. The van der Waals surface area contributed by atoms with Gasteiger partial charge in [0.2, 0.25) is 11.8 Å². The van der Waals surface area contributed by atoms with Crippen LogP contribution in [0.25, 0.3) is 0 Å². The Morgan fingerprint density at radius 2 is 1.96 bits per heavy atom. The highest BCUT2D eigenvalue weighted by Gasteiger charge is 2.45. The standard InChI is InChI=1S/C20H19N3O5/c1-10-8-12(28-11(10)2)9-21-14-5-3-4-13-17(14)20(27)23(19(13)26)15-6-7-16(24)22-18(15)25/h3-5,8,15,21H,6-7,9H2,1-2H3,(H,22,24,25). The fourth-order valence-corrected chi connectivity index (χ4v) is 3.58. The number of piperidine rings is 1. The number of fused-ring (bicyclic) bond motifs is 1. The summed E-state index contributed by atoms with van der Waals surface area (Å²) in [6.07, 6.45) is 0.218. The molecule has 28 heavy (non-hydrogen) atoms.